The van der Waals surface area contributed by atoms with Crippen LogP contribution in [0.15, 0.2) is 34.9 Å². The first-order valence-corrected chi connectivity index (χ1v) is 6.22. The summed E-state index contributed by atoms with van der Waals surface area (Å²) in [6.07, 6.45) is 1.44. The highest BCUT2D eigenvalue weighted by atomic mass is 79.9. The van der Waals surface area contributed by atoms with Gasteiger partial charge in [0.05, 0.1) is 5.56 Å². The Morgan fingerprint density at radius 1 is 1.26 bits per heavy atom. The summed E-state index contributed by atoms with van der Waals surface area (Å²) in [5, 5.41) is 2.42. The van der Waals surface area contributed by atoms with Crippen LogP contribution in [0.3, 0.4) is 0 Å². The third-order valence-corrected chi connectivity index (χ3v) is 2.96. The summed E-state index contributed by atoms with van der Waals surface area (Å²) < 4.78 is 26.3. The number of amides is 1. The Hall–Kier alpha value is -1.53. The first-order valence-electron chi connectivity index (χ1n) is 5.05. The van der Waals surface area contributed by atoms with Gasteiger partial charge in [0.25, 0.3) is 5.91 Å². The van der Waals surface area contributed by atoms with E-state index in [-0.39, 0.29) is 16.4 Å². The van der Waals surface area contributed by atoms with Crippen LogP contribution in [0.4, 0.5) is 14.5 Å². The second-order valence-electron chi connectivity index (χ2n) is 3.57. The average molecular weight is 348 g/mol. The summed E-state index contributed by atoms with van der Waals surface area (Å²) in [4.78, 5) is 15.7. The lowest BCUT2D eigenvalue weighted by Crippen LogP contribution is -2.13. The van der Waals surface area contributed by atoms with Gasteiger partial charge in [0.2, 0.25) is 0 Å². The van der Waals surface area contributed by atoms with E-state index in [0.29, 0.717) is 4.47 Å². The van der Waals surface area contributed by atoms with Crippen molar-refractivity contribution in [3.8, 4) is 0 Å². The molecule has 1 heterocycles. The number of nitrogens with one attached hydrogen (secondary N) is 1. The molecule has 0 aliphatic carbocycles. The van der Waals surface area contributed by atoms with Gasteiger partial charge in [0, 0.05) is 22.4 Å². The third-order valence-electron chi connectivity index (χ3n) is 2.23. The summed E-state index contributed by atoms with van der Waals surface area (Å²) in [5.74, 6) is -2.60. The highest BCUT2D eigenvalue weighted by Crippen LogP contribution is 2.20. The van der Waals surface area contributed by atoms with Gasteiger partial charge in [-0.2, -0.15) is 0 Å². The average Bonchev–Trinajstić information content (AvgIpc) is 2.36. The Labute approximate surface area is 120 Å². The Balaban J connectivity index is 2.25. The third kappa shape index (κ3) is 3.27. The molecule has 1 amide bonds. The minimum atomic E-state index is -1.05. The Kier molecular flexibility index (Phi) is 4.11. The number of hydrogen-bond donors (Lipinski definition) is 1. The molecule has 0 radical (unpaired) electrons. The second kappa shape index (κ2) is 5.63. The van der Waals surface area contributed by atoms with Crippen molar-refractivity contribution >= 4 is 39.1 Å². The van der Waals surface area contributed by atoms with Gasteiger partial charge in [-0.15, -0.1) is 0 Å². The molecule has 0 unspecified atom stereocenters. The number of carbonyl (C=O) groups is 1. The molecule has 2 rings (SSSR count). The summed E-state index contributed by atoms with van der Waals surface area (Å²) in [5.41, 5.74) is 0.251. The molecule has 0 atom stereocenters. The topological polar surface area (TPSA) is 42.0 Å². The highest BCUT2D eigenvalue weighted by molar-refractivity contribution is 9.10. The normalized spacial score (nSPS) is 10.3. The number of pyridine rings is 1. The van der Waals surface area contributed by atoms with Gasteiger partial charge in [0.15, 0.2) is 11.6 Å². The Bertz CT molecular complexity index is 652. The van der Waals surface area contributed by atoms with Gasteiger partial charge in [-0.25, -0.2) is 13.8 Å². The number of benzene rings is 1. The van der Waals surface area contributed by atoms with E-state index < -0.39 is 17.5 Å². The molecule has 0 aliphatic heterocycles. The Morgan fingerprint density at radius 3 is 2.68 bits per heavy atom. The molecule has 98 valence electrons. The molecular formula is C12H6BrClF2N2O. The SMILES string of the molecule is O=C(Nc1ccc(F)c(F)c1)c1cc(Br)cnc1Cl. The minimum absolute atomic E-state index is 0.0169. The van der Waals surface area contributed by atoms with E-state index in [1.807, 2.05) is 0 Å². The fourth-order valence-corrected chi connectivity index (χ4v) is 1.87. The fraction of sp³-hybridized carbons (Fsp3) is 0. The number of carbonyl (C=O) groups excluding carboxylic acids is 1. The summed E-state index contributed by atoms with van der Waals surface area (Å²) in [7, 11) is 0. The van der Waals surface area contributed by atoms with Gasteiger partial charge in [-0.1, -0.05) is 11.6 Å². The molecule has 1 aromatic carbocycles. The van der Waals surface area contributed by atoms with E-state index in [1.165, 1.54) is 18.3 Å². The van der Waals surface area contributed by atoms with Crippen LogP contribution < -0.4 is 5.32 Å². The molecule has 0 saturated carbocycles. The number of aromatic nitrogens is 1. The maximum atomic E-state index is 13.0. The zero-order valence-corrected chi connectivity index (χ0v) is 11.6. The molecule has 0 aliphatic rings. The first-order chi connectivity index (χ1) is 8.97. The summed E-state index contributed by atoms with van der Waals surface area (Å²) in [6.45, 7) is 0. The number of nitrogens with zero attached hydrogens (tertiary/aromatic N) is 1. The molecule has 1 N–H and O–H groups in total. The van der Waals surface area contributed by atoms with Gasteiger partial charge < -0.3 is 5.32 Å². The molecule has 0 spiro atoms. The first kappa shape index (κ1) is 13.9. The minimum Gasteiger partial charge on any atom is -0.322 e. The predicted molar refractivity (Wildman–Crippen MR) is 71.3 cm³/mol. The zero-order chi connectivity index (χ0) is 14.0. The fourth-order valence-electron chi connectivity index (χ4n) is 1.35. The van der Waals surface area contributed by atoms with Crippen LogP contribution in [0.25, 0.3) is 0 Å². The number of hydrogen-bond acceptors (Lipinski definition) is 2. The lowest BCUT2D eigenvalue weighted by atomic mass is 10.2. The van der Waals surface area contributed by atoms with Crippen LogP contribution in [0, 0.1) is 11.6 Å². The van der Waals surface area contributed by atoms with Crippen LogP contribution in [-0.4, -0.2) is 10.9 Å². The van der Waals surface area contributed by atoms with Crippen molar-refractivity contribution in [1.29, 1.82) is 0 Å². The van der Waals surface area contributed by atoms with Gasteiger partial charge in [-0.3, -0.25) is 4.79 Å². The van der Waals surface area contributed by atoms with Crippen LogP contribution in [0.1, 0.15) is 10.4 Å². The number of anilines is 1. The van der Waals surface area contributed by atoms with Gasteiger partial charge >= 0.3 is 0 Å². The quantitative estimate of drug-likeness (QED) is 0.834. The van der Waals surface area contributed by atoms with E-state index in [0.717, 1.165) is 12.1 Å². The van der Waals surface area contributed by atoms with Crippen LogP contribution in [0.2, 0.25) is 5.15 Å². The van der Waals surface area contributed by atoms with Crippen molar-refractivity contribution in [3.63, 3.8) is 0 Å². The number of rotatable bonds is 2. The zero-order valence-electron chi connectivity index (χ0n) is 9.25. The van der Waals surface area contributed by atoms with Crippen molar-refractivity contribution in [2.75, 3.05) is 5.32 Å². The number of halogens is 4. The second-order valence-corrected chi connectivity index (χ2v) is 4.85. The molecule has 1 aromatic heterocycles. The molecule has 19 heavy (non-hydrogen) atoms. The van der Waals surface area contributed by atoms with Crippen LogP contribution in [-0.2, 0) is 0 Å². The van der Waals surface area contributed by atoms with Crippen LogP contribution >= 0.6 is 27.5 Å². The molecule has 0 fully saturated rings. The monoisotopic (exact) mass is 346 g/mol. The van der Waals surface area contributed by atoms with E-state index in [2.05, 4.69) is 26.2 Å². The largest absolute Gasteiger partial charge is 0.322 e. The maximum Gasteiger partial charge on any atom is 0.258 e. The molecule has 0 saturated heterocycles. The summed E-state index contributed by atoms with van der Waals surface area (Å²) >= 11 is 8.95. The van der Waals surface area contributed by atoms with Crippen molar-refractivity contribution in [1.82, 2.24) is 4.98 Å². The van der Waals surface area contributed by atoms with Gasteiger partial charge in [-0.05, 0) is 34.1 Å². The van der Waals surface area contributed by atoms with Crippen molar-refractivity contribution in [2.45, 2.75) is 0 Å². The van der Waals surface area contributed by atoms with Gasteiger partial charge in [0.1, 0.15) is 5.15 Å². The van der Waals surface area contributed by atoms with E-state index in [4.69, 9.17) is 11.6 Å². The molecule has 3 nitrogen and oxygen atoms in total. The lowest BCUT2D eigenvalue weighted by Gasteiger charge is -2.07. The Morgan fingerprint density at radius 2 is 2.00 bits per heavy atom. The van der Waals surface area contributed by atoms with Crippen molar-refractivity contribution < 1.29 is 13.6 Å². The standard InChI is InChI=1S/C12H6BrClF2N2O/c13-6-3-8(11(14)17-5-6)12(19)18-7-1-2-9(15)10(16)4-7/h1-5H,(H,18,19). The smallest absolute Gasteiger partial charge is 0.258 e. The van der Waals surface area contributed by atoms with Crippen molar-refractivity contribution in [2.24, 2.45) is 0 Å². The highest BCUT2D eigenvalue weighted by Gasteiger charge is 2.13. The van der Waals surface area contributed by atoms with Crippen LogP contribution in [0.5, 0.6) is 0 Å². The van der Waals surface area contributed by atoms with E-state index in [1.54, 1.807) is 0 Å². The maximum absolute atomic E-state index is 13.0. The molecule has 2 aromatic rings. The lowest BCUT2D eigenvalue weighted by molar-refractivity contribution is 0.102. The summed E-state index contributed by atoms with van der Waals surface area (Å²) in [6, 6.07) is 4.53. The van der Waals surface area contributed by atoms with E-state index in [9.17, 15) is 13.6 Å². The molecular weight excluding hydrogens is 341 g/mol. The van der Waals surface area contributed by atoms with Crippen molar-refractivity contribution in [3.05, 3.63) is 57.3 Å². The van der Waals surface area contributed by atoms with E-state index >= 15 is 0 Å². The molecule has 7 heteroatoms. The molecule has 0 bridgehead atoms. The predicted octanol–water partition coefficient (Wildman–Crippen LogP) is 4.03.